The lowest BCUT2D eigenvalue weighted by Gasteiger charge is -2.22. The van der Waals surface area contributed by atoms with Gasteiger partial charge in [0, 0.05) is 13.1 Å². The fraction of sp³-hybridized carbons (Fsp3) is 0.727. The molecule has 96 valence electrons. The minimum atomic E-state index is -0.456. The zero-order chi connectivity index (χ0) is 13.0. The molecule has 0 aliphatic heterocycles. The molecule has 0 aliphatic carbocycles. The minimum absolute atomic E-state index is 0.106. The number of aromatic nitrogens is 2. The van der Waals surface area contributed by atoms with Crippen molar-refractivity contribution in [3.05, 3.63) is 16.4 Å². The van der Waals surface area contributed by atoms with Crippen LogP contribution in [0.4, 0.5) is 11.6 Å². The first-order chi connectivity index (χ1) is 8.01. The monoisotopic (exact) mass is 240 g/mol. The summed E-state index contributed by atoms with van der Waals surface area (Å²) < 4.78 is 1.65. The summed E-state index contributed by atoms with van der Waals surface area (Å²) in [5.74, 6) is 0.879. The summed E-state index contributed by atoms with van der Waals surface area (Å²) in [6.07, 6.45) is 3.56. The van der Waals surface area contributed by atoms with E-state index >= 15 is 0 Å². The van der Waals surface area contributed by atoms with Crippen LogP contribution in [0.15, 0.2) is 6.33 Å². The third-order valence-electron chi connectivity index (χ3n) is 3.21. The van der Waals surface area contributed by atoms with Gasteiger partial charge in [-0.3, -0.25) is 4.57 Å². The number of nitrogens with zero attached hydrogens (tertiary/aromatic N) is 3. The van der Waals surface area contributed by atoms with Gasteiger partial charge in [-0.05, 0) is 22.7 Å². The van der Waals surface area contributed by atoms with Crippen LogP contribution in [-0.2, 0) is 7.05 Å². The fourth-order valence-corrected chi connectivity index (χ4v) is 2.05. The third kappa shape index (κ3) is 2.95. The molecule has 0 amide bonds. The molecule has 0 saturated carbocycles. The van der Waals surface area contributed by atoms with Crippen LogP contribution in [-0.4, -0.2) is 20.5 Å². The second-order valence-electron chi connectivity index (χ2n) is 4.29. The van der Waals surface area contributed by atoms with E-state index < -0.39 is 4.92 Å². The molecule has 0 fully saturated rings. The summed E-state index contributed by atoms with van der Waals surface area (Å²) in [6, 6.07) is 0.194. The van der Waals surface area contributed by atoms with Crippen molar-refractivity contribution in [1.82, 2.24) is 9.55 Å². The predicted molar refractivity (Wildman–Crippen MR) is 67.0 cm³/mol. The van der Waals surface area contributed by atoms with Gasteiger partial charge in [0.2, 0.25) is 12.1 Å². The molecule has 0 aromatic carbocycles. The van der Waals surface area contributed by atoms with Gasteiger partial charge >= 0.3 is 5.82 Å². The van der Waals surface area contributed by atoms with Crippen LogP contribution in [0.5, 0.6) is 0 Å². The minimum Gasteiger partial charge on any atom is -0.362 e. The normalized spacial score (nSPS) is 12.8. The number of anilines is 1. The first-order valence-electron chi connectivity index (χ1n) is 5.93. The Morgan fingerprint density at radius 1 is 1.53 bits per heavy atom. The Bertz CT molecular complexity index is 385. The van der Waals surface area contributed by atoms with E-state index in [0.29, 0.717) is 11.7 Å². The number of nitro groups is 1. The maximum Gasteiger partial charge on any atom is 0.406 e. The van der Waals surface area contributed by atoms with Crippen LogP contribution in [0.1, 0.15) is 33.6 Å². The molecule has 1 aromatic rings. The molecule has 1 rings (SSSR count). The van der Waals surface area contributed by atoms with E-state index in [2.05, 4.69) is 24.1 Å². The van der Waals surface area contributed by atoms with Crippen LogP contribution in [0.25, 0.3) is 0 Å². The lowest BCUT2D eigenvalue weighted by molar-refractivity contribution is -0.388. The molecule has 1 heterocycles. The molecular formula is C11H20N4O2. The Morgan fingerprint density at radius 2 is 2.12 bits per heavy atom. The van der Waals surface area contributed by atoms with Crippen LogP contribution >= 0.6 is 0 Å². The highest BCUT2D eigenvalue weighted by molar-refractivity contribution is 5.52. The highest BCUT2D eigenvalue weighted by Gasteiger charge is 2.23. The summed E-state index contributed by atoms with van der Waals surface area (Å²) in [4.78, 5) is 14.1. The fourth-order valence-electron chi connectivity index (χ4n) is 2.05. The largest absolute Gasteiger partial charge is 0.406 e. The molecule has 0 aliphatic rings. The van der Waals surface area contributed by atoms with Crippen LogP contribution < -0.4 is 5.32 Å². The van der Waals surface area contributed by atoms with Crippen molar-refractivity contribution in [1.29, 1.82) is 0 Å². The first kappa shape index (κ1) is 13.5. The lowest BCUT2D eigenvalue weighted by atomic mass is 9.95. The standard InChI is InChI=1S/C11H20N4O2/c1-5-9(6-2)8(3)13-11-10(15(16)17)12-7-14(11)4/h7-9,13H,5-6H2,1-4H3. The second-order valence-corrected chi connectivity index (χ2v) is 4.29. The number of hydrogen-bond donors (Lipinski definition) is 1. The van der Waals surface area contributed by atoms with Crippen LogP contribution in [0.3, 0.4) is 0 Å². The van der Waals surface area contributed by atoms with Crippen molar-refractivity contribution in [3.8, 4) is 0 Å². The van der Waals surface area contributed by atoms with Gasteiger partial charge in [-0.25, -0.2) is 0 Å². The van der Waals surface area contributed by atoms with Crippen molar-refractivity contribution in [3.63, 3.8) is 0 Å². The Balaban J connectivity index is 2.87. The number of aryl methyl sites for hydroxylation is 1. The molecule has 1 atom stereocenters. The molecule has 1 N–H and O–H groups in total. The molecule has 0 spiro atoms. The molecular weight excluding hydrogens is 220 g/mol. The van der Waals surface area contributed by atoms with Gasteiger partial charge in [-0.1, -0.05) is 26.7 Å². The molecule has 6 nitrogen and oxygen atoms in total. The Hall–Kier alpha value is -1.59. The van der Waals surface area contributed by atoms with Crippen molar-refractivity contribution in [2.75, 3.05) is 5.32 Å². The average Bonchev–Trinajstić information content (AvgIpc) is 2.62. The summed E-state index contributed by atoms with van der Waals surface area (Å²) in [7, 11) is 1.75. The van der Waals surface area contributed by atoms with Gasteiger partial charge in [0.15, 0.2) is 0 Å². The maximum atomic E-state index is 10.8. The lowest BCUT2D eigenvalue weighted by Crippen LogP contribution is -2.26. The highest BCUT2D eigenvalue weighted by Crippen LogP contribution is 2.24. The molecule has 1 unspecified atom stereocenters. The summed E-state index contributed by atoms with van der Waals surface area (Å²) >= 11 is 0. The van der Waals surface area contributed by atoms with Gasteiger partial charge in [0.1, 0.15) is 0 Å². The Kier molecular flexibility index (Phi) is 4.48. The Morgan fingerprint density at radius 3 is 2.59 bits per heavy atom. The summed E-state index contributed by atoms with van der Waals surface area (Å²) in [6.45, 7) is 6.31. The molecule has 0 bridgehead atoms. The van der Waals surface area contributed by atoms with E-state index in [4.69, 9.17) is 0 Å². The van der Waals surface area contributed by atoms with Gasteiger partial charge in [0.05, 0.1) is 0 Å². The summed E-state index contributed by atoms with van der Waals surface area (Å²) in [5.41, 5.74) is 0. The number of rotatable bonds is 6. The van der Waals surface area contributed by atoms with Crippen molar-refractivity contribution < 1.29 is 4.92 Å². The predicted octanol–water partition coefficient (Wildman–Crippen LogP) is 2.56. The van der Waals surface area contributed by atoms with Crippen molar-refractivity contribution in [2.45, 2.75) is 39.7 Å². The number of hydrogen-bond acceptors (Lipinski definition) is 4. The van der Waals surface area contributed by atoms with Gasteiger partial charge in [-0.2, -0.15) is 0 Å². The SMILES string of the molecule is CCC(CC)C(C)Nc1c([N+](=O)[O-])ncn1C. The van der Waals surface area contributed by atoms with Crippen LogP contribution in [0.2, 0.25) is 0 Å². The third-order valence-corrected chi connectivity index (χ3v) is 3.21. The van der Waals surface area contributed by atoms with Gasteiger partial charge in [-0.15, -0.1) is 0 Å². The Labute approximate surface area is 101 Å². The first-order valence-corrected chi connectivity index (χ1v) is 5.93. The number of nitrogens with one attached hydrogen (secondary N) is 1. The van der Waals surface area contributed by atoms with E-state index in [1.807, 2.05) is 6.92 Å². The van der Waals surface area contributed by atoms with E-state index in [1.54, 1.807) is 11.6 Å². The van der Waals surface area contributed by atoms with E-state index in [1.165, 1.54) is 6.33 Å². The molecule has 6 heteroatoms. The molecule has 17 heavy (non-hydrogen) atoms. The quantitative estimate of drug-likeness (QED) is 0.612. The zero-order valence-electron chi connectivity index (χ0n) is 10.8. The highest BCUT2D eigenvalue weighted by atomic mass is 16.6. The smallest absolute Gasteiger partial charge is 0.362 e. The molecule has 1 aromatic heterocycles. The van der Waals surface area contributed by atoms with E-state index in [9.17, 15) is 10.1 Å². The second kappa shape index (κ2) is 5.65. The van der Waals surface area contributed by atoms with E-state index in [-0.39, 0.29) is 11.9 Å². The zero-order valence-corrected chi connectivity index (χ0v) is 10.8. The topological polar surface area (TPSA) is 73.0 Å². The number of imidazole rings is 1. The molecule has 0 saturated heterocycles. The molecule has 0 radical (unpaired) electrons. The van der Waals surface area contributed by atoms with Gasteiger partial charge < -0.3 is 15.4 Å². The van der Waals surface area contributed by atoms with Crippen molar-refractivity contribution >= 4 is 11.6 Å². The van der Waals surface area contributed by atoms with Crippen molar-refractivity contribution in [2.24, 2.45) is 13.0 Å². The summed E-state index contributed by atoms with van der Waals surface area (Å²) in [5, 5.41) is 14.0. The van der Waals surface area contributed by atoms with E-state index in [0.717, 1.165) is 12.8 Å². The average molecular weight is 240 g/mol. The van der Waals surface area contributed by atoms with Gasteiger partial charge in [0.25, 0.3) is 0 Å². The van der Waals surface area contributed by atoms with Crippen LogP contribution in [0, 0.1) is 16.0 Å². The maximum absolute atomic E-state index is 10.8.